The molecule has 9 nitrogen and oxygen atoms in total. The van der Waals surface area contributed by atoms with Gasteiger partial charge in [0.15, 0.2) is 5.82 Å². The standard InChI is InChI=1S/C26H23F2N7O2/c1-13-22-19(34-26(30)32-13)10-21(35(25(22)36)12-14-3-5-15(27)6-4-14)17-8-7-16(28)9-18(17)20-11-31-23(29)24(33-20)37-2/h3-9,11,21H,10,12H2,1-2H3,(H2,29,31)(H2,30,32,34)/t21-/m1/s1. The SMILES string of the molecule is COc1nc(-c2cc(F)ccc2[C@H]2Cc3nc(N)nc(C)c3C(=O)N2Cc2ccc(F)cc2)cnc1N. The van der Waals surface area contributed by atoms with Gasteiger partial charge >= 0.3 is 0 Å². The zero-order chi connectivity index (χ0) is 26.3. The van der Waals surface area contributed by atoms with Gasteiger partial charge in [0, 0.05) is 18.5 Å². The van der Waals surface area contributed by atoms with Crippen LogP contribution in [-0.2, 0) is 13.0 Å². The van der Waals surface area contributed by atoms with Gasteiger partial charge in [-0.3, -0.25) is 4.79 Å². The van der Waals surface area contributed by atoms with Gasteiger partial charge in [0.25, 0.3) is 11.8 Å². The quantitative estimate of drug-likeness (QED) is 0.422. The first kappa shape index (κ1) is 24.0. The molecule has 11 heteroatoms. The Labute approximate surface area is 211 Å². The molecule has 37 heavy (non-hydrogen) atoms. The molecule has 4 aromatic rings. The molecule has 0 spiro atoms. The number of rotatable bonds is 5. The number of aryl methyl sites for hydroxylation is 1. The second-order valence-corrected chi connectivity index (χ2v) is 8.65. The van der Waals surface area contributed by atoms with Gasteiger partial charge in [0.05, 0.1) is 42.0 Å². The number of methoxy groups -OCH3 is 1. The molecular weight excluding hydrogens is 480 g/mol. The predicted molar refractivity (Wildman–Crippen MR) is 132 cm³/mol. The van der Waals surface area contributed by atoms with E-state index in [1.165, 1.54) is 37.6 Å². The molecule has 188 valence electrons. The minimum absolute atomic E-state index is 0.0586. The Morgan fingerprint density at radius 2 is 1.78 bits per heavy atom. The molecule has 0 saturated carbocycles. The lowest BCUT2D eigenvalue weighted by Gasteiger charge is -2.38. The van der Waals surface area contributed by atoms with Crippen LogP contribution in [0.25, 0.3) is 11.3 Å². The van der Waals surface area contributed by atoms with Gasteiger partial charge in [0.2, 0.25) is 5.95 Å². The number of halogens is 2. The number of nitrogen functional groups attached to an aromatic ring is 2. The van der Waals surface area contributed by atoms with Gasteiger partial charge in [-0.1, -0.05) is 18.2 Å². The maximum absolute atomic E-state index is 14.5. The average Bonchev–Trinajstić information content (AvgIpc) is 2.86. The molecule has 0 bridgehead atoms. The van der Waals surface area contributed by atoms with Crippen LogP contribution in [-0.4, -0.2) is 37.9 Å². The lowest BCUT2D eigenvalue weighted by atomic mass is 9.88. The lowest BCUT2D eigenvalue weighted by Crippen LogP contribution is -2.41. The molecule has 5 rings (SSSR count). The van der Waals surface area contributed by atoms with E-state index in [0.29, 0.717) is 33.8 Å². The number of amides is 1. The van der Waals surface area contributed by atoms with Gasteiger partial charge < -0.3 is 21.1 Å². The van der Waals surface area contributed by atoms with Crippen LogP contribution in [0.3, 0.4) is 0 Å². The molecule has 1 aliphatic heterocycles. The number of carbonyl (C=O) groups is 1. The maximum atomic E-state index is 14.5. The molecule has 0 radical (unpaired) electrons. The van der Waals surface area contributed by atoms with E-state index in [1.54, 1.807) is 30.0 Å². The van der Waals surface area contributed by atoms with Crippen molar-refractivity contribution in [3.63, 3.8) is 0 Å². The highest BCUT2D eigenvalue weighted by molar-refractivity contribution is 5.98. The average molecular weight is 504 g/mol. The molecule has 1 amide bonds. The van der Waals surface area contributed by atoms with Crippen molar-refractivity contribution < 1.29 is 18.3 Å². The largest absolute Gasteiger partial charge is 0.478 e. The molecule has 1 aliphatic rings. The van der Waals surface area contributed by atoms with Gasteiger partial charge in [-0.15, -0.1) is 0 Å². The van der Waals surface area contributed by atoms with Gasteiger partial charge in [0.1, 0.15) is 11.6 Å². The summed E-state index contributed by atoms with van der Waals surface area (Å²) in [5.74, 6) is -0.949. The van der Waals surface area contributed by atoms with Crippen LogP contribution in [0.2, 0.25) is 0 Å². The Morgan fingerprint density at radius 3 is 2.51 bits per heavy atom. The Bertz CT molecular complexity index is 1510. The summed E-state index contributed by atoms with van der Waals surface area (Å²) < 4.78 is 33.3. The zero-order valence-electron chi connectivity index (χ0n) is 20.1. The molecule has 4 N–H and O–H groups in total. The summed E-state index contributed by atoms with van der Waals surface area (Å²) in [4.78, 5) is 32.5. The second-order valence-electron chi connectivity index (χ2n) is 8.65. The van der Waals surface area contributed by atoms with E-state index < -0.39 is 11.9 Å². The number of nitrogens with two attached hydrogens (primary N) is 2. The maximum Gasteiger partial charge on any atom is 0.258 e. The number of fused-ring (bicyclic) bond motifs is 1. The third-order valence-electron chi connectivity index (χ3n) is 6.30. The fourth-order valence-corrected chi connectivity index (χ4v) is 4.61. The van der Waals surface area contributed by atoms with Crippen LogP contribution in [0.5, 0.6) is 5.88 Å². The van der Waals surface area contributed by atoms with E-state index in [2.05, 4.69) is 19.9 Å². The highest BCUT2D eigenvalue weighted by Gasteiger charge is 2.37. The van der Waals surface area contributed by atoms with Crippen molar-refractivity contribution in [2.24, 2.45) is 0 Å². The van der Waals surface area contributed by atoms with Crippen molar-refractivity contribution in [2.75, 3.05) is 18.6 Å². The van der Waals surface area contributed by atoms with Crippen molar-refractivity contribution in [1.82, 2.24) is 24.8 Å². The van der Waals surface area contributed by atoms with Gasteiger partial charge in [-0.2, -0.15) is 0 Å². The van der Waals surface area contributed by atoms with Crippen LogP contribution in [0, 0.1) is 18.6 Å². The summed E-state index contributed by atoms with van der Waals surface area (Å²) >= 11 is 0. The number of hydrogen-bond acceptors (Lipinski definition) is 8. The fraction of sp³-hybridized carbons (Fsp3) is 0.192. The van der Waals surface area contributed by atoms with Crippen molar-refractivity contribution in [1.29, 1.82) is 0 Å². The van der Waals surface area contributed by atoms with E-state index in [4.69, 9.17) is 16.2 Å². The highest BCUT2D eigenvalue weighted by atomic mass is 19.1. The van der Waals surface area contributed by atoms with E-state index in [-0.39, 0.29) is 42.3 Å². The lowest BCUT2D eigenvalue weighted by molar-refractivity contribution is 0.0624. The summed E-state index contributed by atoms with van der Waals surface area (Å²) in [7, 11) is 1.41. The fourth-order valence-electron chi connectivity index (χ4n) is 4.61. The number of benzene rings is 2. The first-order chi connectivity index (χ1) is 17.7. The monoisotopic (exact) mass is 503 g/mol. The van der Waals surface area contributed by atoms with Crippen LogP contribution in [0.4, 0.5) is 20.5 Å². The molecule has 0 saturated heterocycles. The molecule has 0 aliphatic carbocycles. The second kappa shape index (κ2) is 9.41. The van der Waals surface area contributed by atoms with Gasteiger partial charge in [-0.05, 0) is 42.3 Å². The Morgan fingerprint density at radius 1 is 1.05 bits per heavy atom. The van der Waals surface area contributed by atoms with Crippen molar-refractivity contribution in [3.8, 4) is 17.1 Å². The topological polar surface area (TPSA) is 133 Å². The van der Waals surface area contributed by atoms with Crippen molar-refractivity contribution in [3.05, 3.63) is 88.4 Å². The number of carbonyl (C=O) groups excluding carboxylic acids is 1. The Kier molecular flexibility index (Phi) is 6.12. The number of aromatic nitrogens is 4. The smallest absolute Gasteiger partial charge is 0.258 e. The summed E-state index contributed by atoms with van der Waals surface area (Å²) in [6.45, 7) is 1.87. The van der Waals surface area contributed by atoms with E-state index in [1.807, 2.05) is 0 Å². The minimum atomic E-state index is -0.584. The Hall–Kier alpha value is -4.67. The third kappa shape index (κ3) is 4.51. The molecule has 3 heterocycles. The Balaban J connectivity index is 1.68. The van der Waals surface area contributed by atoms with E-state index in [0.717, 1.165) is 5.56 Å². The molecular formula is C26H23F2N7O2. The summed E-state index contributed by atoms with van der Waals surface area (Å²) in [5.41, 5.74) is 15.1. The first-order valence-corrected chi connectivity index (χ1v) is 11.4. The number of ether oxygens (including phenoxy) is 1. The third-order valence-corrected chi connectivity index (χ3v) is 6.30. The zero-order valence-corrected chi connectivity index (χ0v) is 20.1. The summed E-state index contributed by atoms with van der Waals surface area (Å²) in [5, 5.41) is 0. The molecule has 2 aromatic heterocycles. The number of nitrogens with zero attached hydrogens (tertiary/aromatic N) is 5. The molecule has 2 aromatic carbocycles. The summed E-state index contributed by atoms with van der Waals surface area (Å²) in [6, 6.07) is 9.56. The molecule has 0 unspecified atom stereocenters. The first-order valence-electron chi connectivity index (χ1n) is 11.4. The van der Waals surface area contributed by atoms with Crippen LogP contribution >= 0.6 is 0 Å². The normalized spacial score (nSPS) is 15.0. The predicted octanol–water partition coefficient (Wildman–Crippen LogP) is 3.63. The highest BCUT2D eigenvalue weighted by Crippen LogP contribution is 2.39. The summed E-state index contributed by atoms with van der Waals surface area (Å²) in [6.07, 6.45) is 1.71. The van der Waals surface area contributed by atoms with Crippen LogP contribution in [0.1, 0.15) is 38.9 Å². The molecule has 0 fully saturated rings. The van der Waals surface area contributed by atoms with E-state index >= 15 is 0 Å². The number of anilines is 2. The number of hydrogen-bond donors (Lipinski definition) is 2. The van der Waals surface area contributed by atoms with Crippen molar-refractivity contribution >= 4 is 17.7 Å². The van der Waals surface area contributed by atoms with Gasteiger partial charge in [-0.25, -0.2) is 28.7 Å². The van der Waals surface area contributed by atoms with Crippen molar-refractivity contribution in [2.45, 2.75) is 25.9 Å². The van der Waals surface area contributed by atoms with E-state index in [9.17, 15) is 13.6 Å². The molecule has 1 atom stereocenters. The minimum Gasteiger partial charge on any atom is -0.478 e. The van der Waals surface area contributed by atoms with Crippen LogP contribution < -0.4 is 16.2 Å². The van der Waals surface area contributed by atoms with Crippen LogP contribution in [0.15, 0.2) is 48.7 Å².